The predicted molar refractivity (Wildman–Crippen MR) is 91.0 cm³/mol. The summed E-state index contributed by atoms with van der Waals surface area (Å²) < 4.78 is 0. The van der Waals surface area contributed by atoms with Crippen molar-refractivity contribution in [3.63, 3.8) is 0 Å². The quantitative estimate of drug-likeness (QED) is 0.415. The molecule has 0 spiro atoms. The number of non-ortho nitro benzene ring substituents is 1. The van der Waals surface area contributed by atoms with Crippen molar-refractivity contribution in [2.45, 2.75) is 0 Å². The molecule has 0 unspecified atom stereocenters. The van der Waals surface area contributed by atoms with E-state index in [9.17, 15) is 30.6 Å². The van der Waals surface area contributed by atoms with Crippen molar-refractivity contribution in [1.29, 1.82) is 5.26 Å². The minimum absolute atomic E-state index is 0.0497. The zero-order valence-electron chi connectivity index (χ0n) is 12.9. The standard InChI is InChI=1S/C16H9N5O5/c17-8-10(16-18-12-3-1-2-4-13(12)19-16)5-9-6-11(20(23)24)7-14(15(9)22)21(25)26/h1-7,22H,(H,18,19). The molecule has 0 radical (unpaired) electrons. The number of phenols is 1. The van der Waals surface area contributed by atoms with Crippen LogP contribution in [0.5, 0.6) is 5.75 Å². The third-order valence-corrected chi connectivity index (χ3v) is 3.58. The van der Waals surface area contributed by atoms with E-state index in [0.717, 1.165) is 12.1 Å². The van der Waals surface area contributed by atoms with Crippen LogP contribution in [0.4, 0.5) is 11.4 Å². The second kappa shape index (κ2) is 6.33. The number of nitro groups is 2. The molecule has 0 fully saturated rings. The first-order chi connectivity index (χ1) is 12.4. The third-order valence-electron chi connectivity index (χ3n) is 3.58. The molecular weight excluding hydrogens is 342 g/mol. The monoisotopic (exact) mass is 351 g/mol. The van der Waals surface area contributed by atoms with Crippen LogP contribution in [0.3, 0.4) is 0 Å². The van der Waals surface area contributed by atoms with Gasteiger partial charge in [0.15, 0.2) is 0 Å². The number of phenolic OH excluding ortho intramolecular Hbond substituents is 1. The summed E-state index contributed by atoms with van der Waals surface area (Å²) in [6, 6.07) is 10.5. The van der Waals surface area contributed by atoms with Crippen LogP contribution in [0.25, 0.3) is 22.7 Å². The lowest BCUT2D eigenvalue weighted by atomic mass is 10.1. The van der Waals surface area contributed by atoms with E-state index in [0.29, 0.717) is 17.1 Å². The summed E-state index contributed by atoms with van der Waals surface area (Å²) in [6.45, 7) is 0. The maximum Gasteiger partial charge on any atom is 0.318 e. The largest absolute Gasteiger partial charge is 0.502 e. The van der Waals surface area contributed by atoms with E-state index >= 15 is 0 Å². The fourth-order valence-electron chi connectivity index (χ4n) is 2.37. The number of nitrogens with one attached hydrogen (secondary N) is 1. The van der Waals surface area contributed by atoms with Gasteiger partial charge in [-0.15, -0.1) is 0 Å². The van der Waals surface area contributed by atoms with Gasteiger partial charge in [-0.1, -0.05) is 12.1 Å². The zero-order valence-corrected chi connectivity index (χ0v) is 12.9. The Morgan fingerprint density at radius 3 is 2.58 bits per heavy atom. The third kappa shape index (κ3) is 2.92. The Bertz CT molecular complexity index is 1090. The first-order valence-electron chi connectivity index (χ1n) is 7.13. The highest BCUT2D eigenvalue weighted by molar-refractivity contribution is 5.92. The summed E-state index contributed by atoms with van der Waals surface area (Å²) in [7, 11) is 0. The number of hydrogen-bond donors (Lipinski definition) is 2. The van der Waals surface area contributed by atoms with E-state index in [1.807, 2.05) is 6.07 Å². The Kier molecular flexibility index (Phi) is 4.04. The number of aromatic amines is 1. The molecule has 3 rings (SSSR count). The highest BCUT2D eigenvalue weighted by Gasteiger charge is 2.23. The number of nitrogens with zero attached hydrogens (tertiary/aromatic N) is 4. The van der Waals surface area contributed by atoms with E-state index in [1.54, 1.807) is 24.3 Å². The van der Waals surface area contributed by atoms with Crippen LogP contribution in [-0.4, -0.2) is 24.9 Å². The van der Waals surface area contributed by atoms with Crippen molar-refractivity contribution in [3.05, 3.63) is 68.0 Å². The molecular formula is C16H9N5O5. The van der Waals surface area contributed by atoms with Gasteiger partial charge in [0.25, 0.3) is 5.69 Å². The minimum atomic E-state index is -0.938. The fraction of sp³-hybridized carbons (Fsp3) is 0. The predicted octanol–water partition coefficient (Wildman–Crippen LogP) is 3.15. The average molecular weight is 351 g/mol. The molecule has 10 nitrogen and oxygen atoms in total. The molecule has 2 N–H and O–H groups in total. The van der Waals surface area contributed by atoms with Gasteiger partial charge in [0, 0.05) is 11.6 Å². The highest BCUT2D eigenvalue weighted by Crippen LogP contribution is 2.36. The Morgan fingerprint density at radius 1 is 1.23 bits per heavy atom. The second-order valence-electron chi connectivity index (χ2n) is 5.19. The number of aromatic hydroxyl groups is 1. The van der Waals surface area contributed by atoms with E-state index < -0.39 is 27.0 Å². The molecule has 0 saturated heterocycles. The van der Waals surface area contributed by atoms with Crippen LogP contribution < -0.4 is 0 Å². The number of rotatable bonds is 4. The number of para-hydroxylation sites is 2. The summed E-state index contributed by atoms with van der Waals surface area (Å²) in [6.07, 6.45) is 1.10. The Labute approximate surface area is 144 Å². The van der Waals surface area contributed by atoms with E-state index in [-0.39, 0.29) is 17.0 Å². The number of benzene rings is 2. The average Bonchev–Trinajstić information content (AvgIpc) is 3.04. The molecule has 0 bridgehead atoms. The summed E-state index contributed by atoms with van der Waals surface area (Å²) >= 11 is 0. The minimum Gasteiger partial charge on any atom is -0.502 e. The molecule has 128 valence electrons. The van der Waals surface area contributed by atoms with Crippen LogP contribution in [0, 0.1) is 31.6 Å². The molecule has 0 atom stereocenters. The summed E-state index contributed by atoms with van der Waals surface area (Å²) in [5.74, 6) is -0.605. The first-order valence-corrected chi connectivity index (χ1v) is 7.13. The highest BCUT2D eigenvalue weighted by atomic mass is 16.6. The van der Waals surface area contributed by atoms with Gasteiger partial charge in [0.2, 0.25) is 5.75 Å². The van der Waals surface area contributed by atoms with Crippen LogP contribution in [0.1, 0.15) is 11.4 Å². The van der Waals surface area contributed by atoms with Gasteiger partial charge in [0.1, 0.15) is 11.9 Å². The number of imidazole rings is 1. The smallest absolute Gasteiger partial charge is 0.318 e. The van der Waals surface area contributed by atoms with E-state index in [2.05, 4.69) is 9.97 Å². The molecule has 2 aromatic carbocycles. The Hall–Kier alpha value is -4.26. The lowest BCUT2D eigenvalue weighted by Crippen LogP contribution is -1.95. The van der Waals surface area contributed by atoms with E-state index in [4.69, 9.17) is 0 Å². The topological polar surface area (TPSA) is 159 Å². The molecule has 0 saturated carbocycles. The molecule has 0 aliphatic rings. The number of hydrogen-bond acceptors (Lipinski definition) is 7. The first kappa shape index (κ1) is 16.6. The SMILES string of the molecule is N#CC(=Cc1cc([N+](=O)[O-])cc([N+](=O)[O-])c1O)c1nc2ccccc2[nH]1. The van der Waals surface area contributed by atoms with Gasteiger partial charge < -0.3 is 10.1 Å². The normalized spacial score (nSPS) is 11.3. The molecule has 3 aromatic rings. The molecule has 1 aromatic heterocycles. The lowest BCUT2D eigenvalue weighted by Gasteiger charge is -2.02. The van der Waals surface area contributed by atoms with Crippen LogP contribution in [-0.2, 0) is 0 Å². The van der Waals surface area contributed by atoms with Gasteiger partial charge in [-0.05, 0) is 18.2 Å². The zero-order chi connectivity index (χ0) is 18.8. The van der Waals surface area contributed by atoms with Gasteiger partial charge in [-0.25, -0.2) is 4.98 Å². The van der Waals surface area contributed by atoms with Crippen LogP contribution in [0.2, 0.25) is 0 Å². The van der Waals surface area contributed by atoms with Crippen LogP contribution >= 0.6 is 0 Å². The Balaban J connectivity index is 2.19. The van der Waals surface area contributed by atoms with Crippen molar-refractivity contribution in [2.75, 3.05) is 0 Å². The summed E-state index contributed by atoms with van der Waals surface area (Å²) in [5.41, 5.74) is -0.431. The molecule has 10 heteroatoms. The number of nitriles is 1. The number of aromatic nitrogens is 2. The van der Waals surface area contributed by atoms with Crippen molar-refractivity contribution < 1.29 is 15.0 Å². The van der Waals surface area contributed by atoms with Crippen molar-refractivity contribution in [1.82, 2.24) is 9.97 Å². The molecule has 1 heterocycles. The van der Waals surface area contributed by atoms with Gasteiger partial charge >= 0.3 is 5.69 Å². The molecule has 0 aliphatic carbocycles. The number of fused-ring (bicyclic) bond motifs is 1. The second-order valence-corrected chi connectivity index (χ2v) is 5.19. The maximum atomic E-state index is 11.0. The van der Waals surface area contributed by atoms with Crippen LogP contribution in [0.15, 0.2) is 36.4 Å². The van der Waals surface area contributed by atoms with Crippen molar-refractivity contribution in [3.8, 4) is 11.8 Å². The molecule has 26 heavy (non-hydrogen) atoms. The maximum absolute atomic E-state index is 11.0. The number of nitro benzene ring substituents is 2. The summed E-state index contributed by atoms with van der Waals surface area (Å²) in [4.78, 5) is 27.4. The summed E-state index contributed by atoms with van der Waals surface area (Å²) in [5, 5.41) is 41.4. The molecule has 0 aliphatic heterocycles. The molecule has 0 amide bonds. The van der Waals surface area contributed by atoms with E-state index in [1.165, 1.54) is 0 Å². The van der Waals surface area contributed by atoms with Crippen molar-refractivity contribution in [2.24, 2.45) is 0 Å². The number of allylic oxidation sites excluding steroid dienone is 1. The number of H-pyrrole nitrogens is 1. The lowest BCUT2D eigenvalue weighted by molar-refractivity contribution is -0.394. The van der Waals surface area contributed by atoms with Gasteiger partial charge in [-0.2, -0.15) is 5.26 Å². The van der Waals surface area contributed by atoms with Crippen molar-refractivity contribution >= 4 is 34.1 Å². The van der Waals surface area contributed by atoms with Gasteiger partial charge in [-0.3, -0.25) is 20.2 Å². The Morgan fingerprint density at radius 2 is 1.96 bits per heavy atom. The fourth-order valence-corrected chi connectivity index (χ4v) is 2.37. The van der Waals surface area contributed by atoms with Gasteiger partial charge in [0.05, 0.1) is 32.5 Å².